The molecule has 1 heterocycles. The fraction of sp³-hybridized carbons (Fsp3) is 0.500. The highest BCUT2D eigenvalue weighted by molar-refractivity contribution is 5.59. The number of aryl methyl sites for hydroxylation is 2. The number of pyridine rings is 1. The van der Waals surface area contributed by atoms with Gasteiger partial charge in [-0.15, -0.1) is 0 Å². The van der Waals surface area contributed by atoms with E-state index < -0.39 is 0 Å². The van der Waals surface area contributed by atoms with Crippen molar-refractivity contribution in [1.29, 1.82) is 0 Å². The lowest BCUT2D eigenvalue weighted by atomic mass is 9.68. The third-order valence-electron chi connectivity index (χ3n) is 9.39. The lowest BCUT2D eigenvalue weighted by Gasteiger charge is -2.37. The number of aromatic hydroxyl groups is 2. The number of phenols is 2. The molecule has 0 amide bonds. The van der Waals surface area contributed by atoms with Crippen LogP contribution in [-0.2, 0) is 10.8 Å². The molecule has 0 bridgehead atoms. The van der Waals surface area contributed by atoms with Gasteiger partial charge in [0.05, 0.1) is 11.6 Å². The minimum Gasteiger partial charge on any atom is -0.507 e. The Labute approximate surface area is 223 Å². The van der Waals surface area contributed by atoms with Gasteiger partial charge in [-0.2, -0.15) is 0 Å². The second-order valence-electron chi connectivity index (χ2n) is 12.4. The maximum absolute atomic E-state index is 11.9. The van der Waals surface area contributed by atoms with Crippen LogP contribution in [0.15, 0.2) is 48.7 Å². The van der Waals surface area contributed by atoms with Crippen molar-refractivity contribution in [2.24, 2.45) is 0 Å². The Hall–Kier alpha value is -2.81. The third kappa shape index (κ3) is 4.90. The average molecular weight is 498 g/mol. The molecule has 0 aliphatic heterocycles. The Morgan fingerprint density at radius 1 is 0.676 bits per heavy atom. The Kier molecular flexibility index (Phi) is 7.09. The predicted octanol–water partition coefficient (Wildman–Crippen LogP) is 8.73. The molecule has 2 fully saturated rings. The van der Waals surface area contributed by atoms with Crippen LogP contribution in [0.25, 0.3) is 0 Å². The first-order chi connectivity index (χ1) is 17.7. The van der Waals surface area contributed by atoms with Crippen LogP contribution in [0, 0.1) is 13.8 Å². The van der Waals surface area contributed by atoms with Gasteiger partial charge in [0.25, 0.3) is 0 Å². The molecule has 5 rings (SSSR count). The lowest BCUT2D eigenvalue weighted by Crippen LogP contribution is -2.26. The highest BCUT2D eigenvalue weighted by Crippen LogP contribution is 2.51. The summed E-state index contributed by atoms with van der Waals surface area (Å²) in [6, 6.07) is 14.5. The van der Waals surface area contributed by atoms with Gasteiger partial charge in [0, 0.05) is 28.5 Å². The molecule has 2 aliphatic rings. The van der Waals surface area contributed by atoms with Gasteiger partial charge >= 0.3 is 0 Å². The van der Waals surface area contributed by atoms with Crippen molar-refractivity contribution in [1.82, 2.24) is 4.98 Å². The van der Waals surface area contributed by atoms with Crippen molar-refractivity contribution in [3.63, 3.8) is 0 Å². The molecular weight excluding hydrogens is 454 g/mol. The lowest BCUT2D eigenvalue weighted by molar-refractivity contribution is 0.306. The van der Waals surface area contributed by atoms with Crippen molar-refractivity contribution >= 4 is 0 Å². The summed E-state index contributed by atoms with van der Waals surface area (Å²) in [6.45, 7) is 8.87. The largest absolute Gasteiger partial charge is 0.507 e. The van der Waals surface area contributed by atoms with E-state index in [1.165, 1.54) is 38.5 Å². The Bertz CT molecular complexity index is 1170. The standard InChI is InChI=1S/C34H43NO2/c1-23-19-25(31(36)27(21-23)33(3)14-8-5-9-15-33)30(29-13-7-12-18-35-29)26-20-24(2)22-28(32(26)37)34(4)16-10-6-11-17-34/h7,12-13,18-22,30,36-37H,5-6,8-11,14-17H2,1-4H3. The van der Waals surface area contributed by atoms with Crippen molar-refractivity contribution in [2.75, 3.05) is 0 Å². The number of hydrogen-bond donors (Lipinski definition) is 2. The Morgan fingerprint density at radius 2 is 1.14 bits per heavy atom. The molecule has 0 radical (unpaired) electrons. The molecule has 1 aromatic heterocycles. The molecule has 2 aliphatic carbocycles. The van der Waals surface area contributed by atoms with E-state index in [0.29, 0.717) is 11.5 Å². The van der Waals surface area contributed by atoms with Gasteiger partial charge in [-0.05, 0) is 62.5 Å². The van der Waals surface area contributed by atoms with Crippen LogP contribution in [0.4, 0.5) is 0 Å². The summed E-state index contributed by atoms with van der Waals surface area (Å²) in [5.74, 6) is 0.395. The van der Waals surface area contributed by atoms with E-state index in [-0.39, 0.29) is 16.7 Å². The first kappa shape index (κ1) is 25.8. The molecule has 0 atom stereocenters. The van der Waals surface area contributed by atoms with Crippen LogP contribution in [-0.4, -0.2) is 15.2 Å². The summed E-state index contributed by atoms with van der Waals surface area (Å²) in [5.41, 5.74) is 6.86. The van der Waals surface area contributed by atoms with E-state index in [0.717, 1.165) is 64.8 Å². The molecule has 0 spiro atoms. The van der Waals surface area contributed by atoms with E-state index >= 15 is 0 Å². The van der Waals surface area contributed by atoms with Crippen LogP contribution in [0.3, 0.4) is 0 Å². The molecule has 0 unspecified atom stereocenters. The third-order valence-corrected chi connectivity index (χ3v) is 9.39. The van der Waals surface area contributed by atoms with Gasteiger partial charge in [0.15, 0.2) is 0 Å². The van der Waals surface area contributed by atoms with E-state index in [9.17, 15) is 10.2 Å². The second-order valence-corrected chi connectivity index (χ2v) is 12.4. The Morgan fingerprint density at radius 3 is 1.54 bits per heavy atom. The van der Waals surface area contributed by atoms with Gasteiger partial charge in [-0.25, -0.2) is 0 Å². The van der Waals surface area contributed by atoms with Gasteiger partial charge in [-0.3, -0.25) is 4.98 Å². The zero-order chi connectivity index (χ0) is 26.2. The van der Waals surface area contributed by atoms with E-state index in [1.54, 1.807) is 0 Å². The molecule has 2 aromatic carbocycles. The molecule has 3 aromatic rings. The van der Waals surface area contributed by atoms with E-state index in [2.05, 4.69) is 52.0 Å². The smallest absolute Gasteiger partial charge is 0.123 e. The van der Waals surface area contributed by atoms with Gasteiger partial charge in [-0.1, -0.05) is 93.8 Å². The second kappa shape index (κ2) is 10.2. The van der Waals surface area contributed by atoms with Crippen molar-refractivity contribution < 1.29 is 10.2 Å². The zero-order valence-corrected chi connectivity index (χ0v) is 23.1. The molecular formula is C34H43NO2. The summed E-state index contributed by atoms with van der Waals surface area (Å²) < 4.78 is 0. The monoisotopic (exact) mass is 497 g/mol. The summed E-state index contributed by atoms with van der Waals surface area (Å²) in [6.07, 6.45) is 13.5. The highest BCUT2D eigenvalue weighted by Gasteiger charge is 2.37. The van der Waals surface area contributed by atoms with Crippen LogP contribution in [0.1, 0.15) is 123 Å². The molecule has 0 saturated heterocycles. The number of rotatable bonds is 5. The topological polar surface area (TPSA) is 53.4 Å². The number of nitrogens with zero attached hydrogens (tertiary/aromatic N) is 1. The summed E-state index contributed by atoms with van der Waals surface area (Å²) in [7, 11) is 0. The van der Waals surface area contributed by atoms with E-state index in [1.807, 2.05) is 24.4 Å². The minimum absolute atomic E-state index is 0.0346. The van der Waals surface area contributed by atoms with Crippen molar-refractivity contribution in [2.45, 2.75) is 109 Å². The molecule has 2 N–H and O–H groups in total. The van der Waals surface area contributed by atoms with Gasteiger partial charge in [0.2, 0.25) is 0 Å². The minimum atomic E-state index is -0.349. The first-order valence-electron chi connectivity index (χ1n) is 14.3. The average Bonchev–Trinajstić information content (AvgIpc) is 2.89. The van der Waals surface area contributed by atoms with Crippen molar-refractivity contribution in [3.8, 4) is 11.5 Å². The molecule has 37 heavy (non-hydrogen) atoms. The maximum Gasteiger partial charge on any atom is 0.123 e. The predicted molar refractivity (Wildman–Crippen MR) is 152 cm³/mol. The number of benzene rings is 2. The summed E-state index contributed by atoms with van der Waals surface area (Å²) in [5, 5.41) is 23.9. The first-order valence-corrected chi connectivity index (χ1v) is 14.3. The molecule has 3 heteroatoms. The highest BCUT2D eigenvalue weighted by atomic mass is 16.3. The quantitative estimate of drug-likeness (QED) is 0.370. The molecule has 2 saturated carbocycles. The maximum atomic E-state index is 11.9. The normalized spacial score (nSPS) is 19.2. The number of hydrogen-bond acceptors (Lipinski definition) is 3. The number of aromatic nitrogens is 1. The Balaban J connectivity index is 1.73. The summed E-state index contributed by atoms with van der Waals surface area (Å²) >= 11 is 0. The van der Waals surface area contributed by atoms with Crippen LogP contribution in [0.2, 0.25) is 0 Å². The fourth-order valence-electron chi connectivity index (χ4n) is 7.21. The van der Waals surface area contributed by atoms with Crippen molar-refractivity contribution in [3.05, 3.63) is 87.7 Å². The van der Waals surface area contributed by atoms with E-state index in [4.69, 9.17) is 4.98 Å². The van der Waals surface area contributed by atoms with Gasteiger partial charge in [0.1, 0.15) is 11.5 Å². The van der Waals surface area contributed by atoms with Crippen LogP contribution in [0.5, 0.6) is 11.5 Å². The summed E-state index contributed by atoms with van der Waals surface area (Å²) in [4.78, 5) is 4.77. The van der Waals surface area contributed by atoms with Gasteiger partial charge < -0.3 is 10.2 Å². The molecule has 3 nitrogen and oxygen atoms in total. The molecule has 196 valence electrons. The van der Waals surface area contributed by atoms with Crippen LogP contribution < -0.4 is 0 Å². The number of phenolic OH excluding ortho intramolecular Hbond substituents is 2. The fourth-order valence-corrected chi connectivity index (χ4v) is 7.21. The zero-order valence-electron chi connectivity index (χ0n) is 23.1. The SMILES string of the molecule is Cc1cc(C(c2ccccn2)c2cc(C)cc(C3(C)CCCCC3)c2O)c(O)c(C2(C)CCCCC2)c1. The van der Waals surface area contributed by atoms with Crippen LogP contribution >= 0.6 is 0 Å².